The van der Waals surface area contributed by atoms with Gasteiger partial charge in [0.05, 0.1) is 6.42 Å². The van der Waals surface area contributed by atoms with Crippen LogP contribution in [0.25, 0.3) is 5.95 Å². The number of hydrogen-bond donors (Lipinski definition) is 0. The van der Waals surface area contributed by atoms with Gasteiger partial charge in [0.25, 0.3) is 0 Å². The van der Waals surface area contributed by atoms with Crippen molar-refractivity contribution in [1.82, 2.24) is 29.5 Å². The second kappa shape index (κ2) is 5.11. The molecule has 0 saturated heterocycles. The Balaban J connectivity index is 1.94. The van der Waals surface area contributed by atoms with Gasteiger partial charge in [0.1, 0.15) is 12.2 Å². The first-order chi connectivity index (χ1) is 9.31. The maximum Gasteiger partial charge on any atom is 0.239 e. The SMILES string of the molecule is Clc1nc(Cc2ccccn2)nc(-n2ccnc2)n1. The molecule has 0 aliphatic carbocycles. The van der Waals surface area contributed by atoms with Crippen molar-refractivity contribution >= 4 is 11.6 Å². The zero-order chi connectivity index (χ0) is 13.1. The molecule has 0 radical (unpaired) electrons. The van der Waals surface area contributed by atoms with Crippen molar-refractivity contribution in [3.05, 3.63) is 59.9 Å². The summed E-state index contributed by atoms with van der Waals surface area (Å²) in [5.41, 5.74) is 0.876. The minimum absolute atomic E-state index is 0.157. The fourth-order valence-electron chi connectivity index (χ4n) is 1.62. The van der Waals surface area contributed by atoms with E-state index in [0.29, 0.717) is 18.2 Å². The molecule has 0 aliphatic heterocycles. The van der Waals surface area contributed by atoms with Crippen LogP contribution in [-0.2, 0) is 6.42 Å². The summed E-state index contributed by atoms with van der Waals surface area (Å²) in [5.74, 6) is 1.02. The minimum atomic E-state index is 0.157. The molecule has 6 nitrogen and oxygen atoms in total. The number of rotatable bonds is 3. The van der Waals surface area contributed by atoms with Gasteiger partial charge in [-0.05, 0) is 23.7 Å². The molecule has 0 aromatic carbocycles. The Morgan fingerprint density at radius 2 is 2.05 bits per heavy atom. The molecule has 0 atom stereocenters. The molecule has 0 aliphatic rings. The highest BCUT2D eigenvalue weighted by Gasteiger charge is 2.07. The number of imidazole rings is 1. The molecule has 3 heterocycles. The van der Waals surface area contributed by atoms with Crippen molar-refractivity contribution < 1.29 is 0 Å². The lowest BCUT2D eigenvalue weighted by molar-refractivity contribution is 0.834. The number of nitrogens with zero attached hydrogens (tertiary/aromatic N) is 6. The zero-order valence-corrected chi connectivity index (χ0v) is 10.6. The topological polar surface area (TPSA) is 69.4 Å². The predicted octanol–water partition coefficient (Wildman–Crippen LogP) is 1.70. The maximum absolute atomic E-state index is 5.92. The quantitative estimate of drug-likeness (QED) is 0.726. The molecule has 0 spiro atoms. The van der Waals surface area contributed by atoms with E-state index in [9.17, 15) is 0 Å². The third-order valence-electron chi connectivity index (χ3n) is 2.44. The first-order valence-electron chi connectivity index (χ1n) is 5.60. The summed E-state index contributed by atoms with van der Waals surface area (Å²) >= 11 is 5.92. The molecular weight excluding hydrogens is 264 g/mol. The Morgan fingerprint density at radius 1 is 1.11 bits per heavy atom. The predicted molar refractivity (Wildman–Crippen MR) is 69.0 cm³/mol. The number of aromatic nitrogens is 6. The average molecular weight is 273 g/mol. The highest BCUT2D eigenvalue weighted by molar-refractivity contribution is 6.28. The third-order valence-corrected chi connectivity index (χ3v) is 2.61. The standard InChI is InChI=1S/C12H9ClN6/c13-11-16-10(7-9-3-1-2-4-15-9)17-12(18-11)19-6-5-14-8-19/h1-6,8H,7H2. The van der Waals surface area contributed by atoms with Gasteiger partial charge in [0.15, 0.2) is 0 Å². The number of halogens is 1. The van der Waals surface area contributed by atoms with E-state index >= 15 is 0 Å². The van der Waals surface area contributed by atoms with Gasteiger partial charge >= 0.3 is 0 Å². The van der Waals surface area contributed by atoms with E-state index < -0.39 is 0 Å². The van der Waals surface area contributed by atoms with Crippen LogP contribution in [0.15, 0.2) is 43.1 Å². The molecule has 0 unspecified atom stereocenters. The monoisotopic (exact) mass is 272 g/mol. The molecule has 0 N–H and O–H groups in total. The van der Waals surface area contributed by atoms with E-state index in [1.807, 2.05) is 18.2 Å². The van der Waals surface area contributed by atoms with E-state index in [-0.39, 0.29) is 5.28 Å². The lowest BCUT2D eigenvalue weighted by Gasteiger charge is -2.04. The van der Waals surface area contributed by atoms with Gasteiger partial charge in [-0.2, -0.15) is 9.97 Å². The number of hydrogen-bond acceptors (Lipinski definition) is 5. The van der Waals surface area contributed by atoms with Crippen LogP contribution in [0, 0.1) is 0 Å². The van der Waals surface area contributed by atoms with Gasteiger partial charge in [-0.1, -0.05) is 6.07 Å². The summed E-state index contributed by atoms with van der Waals surface area (Å²) in [7, 11) is 0. The Labute approximate surface area is 114 Å². The van der Waals surface area contributed by atoms with Crippen molar-refractivity contribution in [2.75, 3.05) is 0 Å². The van der Waals surface area contributed by atoms with Crippen LogP contribution in [-0.4, -0.2) is 29.5 Å². The van der Waals surface area contributed by atoms with Gasteiger partial charge in [-0.15, -0.1) is 0 Å². The molecule has 3 aromatic heterocycles. The van der Waals surface area contributed by atoms with Gasteiger partial charge in [-0.25, -0.2) is 9.97 Å². The normalized spacial score (nSPS) is 10.6. The first-order valence-corrected chi connectivity index (χ1v) is 5.98. The molecule has 19 heavy (non-hydrogen) atoms. The van der Waals surface area contributed by atoms with Crippen LogP contribution in [0.2, 0.25) is 5.28 Å². The Kier molecular flexibility index (Phi) is 3.16. The molecule has 94 valence electrons. The lowest BCUT2D eigenvalue weighted by atomic mass is 10.2. The maximum atomic E-state index is 5.92. The van der Waals surface area contributed by atoms with Crippen LogP contribution in [0.3, 0.4) is 0 Å². The minimum Gasteiger partial charge on any atom is -0.274 e. The van der Waals surface area contributed by atoms with Gasteiger partial charge in [-0.3, -0.25) is 9.55 Å². The molecule has 0 bridgehead atoms. The molecule has 3 aromatic rings. The summed E-state index contributed by atoms with van der Waals surface area (Å²) in [6.07, 6.45) is 7.24. The van der Waals surface area contributed by atoms with Gasteiger partial charge in [0, 0.05) is 24.3 Å². The van der Waals surface area contributed by atoms with Crippen LogP contribution in [0.5, 0.6) is 0 Å². The molecule has 0 saturated carbocycles. The van der Waals surface area contributed by atoms with Crippen LogP contribution in [0.1, 0.15) is 11.5 Å². The highest BCUT2D eigenvalue weighted by Crippen LogP contribution is 2.09. The summed E-state index contributed by atoms with van der Waals surface area (Å²) in [5, 5.41) is 0.157. The number of pyridine rings is 1. The van der Waals surface area contributed by atoms with Crippen LogP contribution < -0.4 is 0 Å². The zero-order valence-electron chi connectivity index (χ0n) is 9.81. The summed E-state index contributed by atoms with van der Waals surface area (Å²) in [4.78, 5) is 20.7. The molecule has 3 rings (SSSR count). The van der Waals surface area contributed by atoms with Crippen molar-refractivity contribution in [3.63, 3.8) is 0 Å². The molecular formula is C12H9ClN6. The van der Waals surface area contributed by atoms with E-state index in [1.165, 1.54) is 0 Å². The third kappa shape index (κ3) is 2.74. The van der Waals surface area contributed by atoms with Crippen molar-refractivity contribution in [2.24, 2.45) is 0 Å². The van der Waals surface area contributed by atoms with Crippen LogP contribution in [0.4, 0.5) is 0 Å². The van der Waals surface area contributed by atoms with Gasteiger partial charge in [0.2, 0.25) is 11.2 Å². The summed E-state index contributed by atoms with van der Waals surface area (Å²) < 4.78 is 1.68. The van der Waals surface area contributed by atoms with Crippen LogP contribution >= 0.6 is 11.6 Å². The highest BCUT2D eigenvalue weighted by atomic mass is 35.5. The average Bonchev–Trinajstić information content (AvgIpc) is 2.93. The van der Waals surface area contributed by atoms with E-state index in [1.54, 1.807) is 29.5 Å². The second-order valence-corrected chi connectivity index (χ2v) is 4.13. The molecule has 0 fully saturated rings. The van der Waals surface area contributed by atoms with E-state index in [2.05, 4.69) is 24.9 Å². The largest absolute Gasteiger partial charge is 0.274 e. The van der Waals surface area contributed by atoms with Gasteiger partial charge < -0.3 is 0 Å². The lowest BCUT2D eigenvalue weighted by Crippen LogP contribution is -2.06. The summed E-state index contributed by atoms with van der Waals surface area (Å²) in [6, 6.07) is 5.69. The molecule has 7 heteroatoms. The molecule has 0 amide bonds. The fraction of sp³-hybridized carbons (Fsp3) is 0.0833. The van der Waals surface area contributed by atoms with E-state index in [0.717, 1.165) is 5.69 Å². The fourth-order valence-corrected chi connectivity index (χ4v) is 1.79. The Morgan fingerprint density at radius 3 is 2.79 bits per heavy atom. The summed E-state index contributed by atoms with van der Waals surface area (Å²) in [6.45, 7) is 0. The van der Waals surface area contributed by atoms with Crippen molar-refractivity contribution in [2.45, 2.75) is 6.42 Å². The van der Waals surface area contributed by atoms with Crippen molar-refractivity contribution in [1.29, 1.82) is 0 Å². The van der Waals surface area contributed by atoms with Crippen molar-refractivity contribution in [3.8, 4) is 5.95 Å². The first kappa shape index (κ1) is 11.7. The Hall–Kier alpha value is -2.34. The smallest absolute Gasteiger partial charge is 0.239 e. The Bertz CT molecular complexity index is 668. The van der Waals surface area contributed by atoms with E-state index in [4.69, 9.17) is 11.6 Å². The second-order valence-electron chi connectivity index (χ2n) is 3.79.